The Labute approximate surface area is 55.8 Å². The molecule has 1 unspecified atom stereocenters. The average Bonchev–Trinajstić information content (AvgIpc) is 1.91. The molecule has 0 aliphatic carbocycles. The molecule has 52 valence electrons. The summed E-state index contributed by atoms with van der Waals surface area (Å²) in [6.07, 6.45) is 5.65. The van der Waals surface area contributed by atoms with Gasteiger partial charge in [-0.1, -0.05) is 12.8 Å². The zero-order chi connectivity index (χ0) is 7.11. The maximum absolute atomic E-state index is 8.56. The van der Waals surface area contributed by atoms with Gasteiger partial charge in [-0.25, -0.2) is 0 Å². The Morgan fingerprint density at radius 3 is 2.78 bits per heavy atom. The van der Waals surface area contributed by atoms with Crippen molar-refractivity contribution in [3.63, 3.8) is 0 Å². The summed E-state index contributed by atoms with van der Waals surface area (Å²) in [5.74, 6) is 2.33. The van der Waals surface area contributed by atoms with E-state index in [-0.39, 0.29) is 12.7 Å². The monoisotopic (exact) mass is 128 g/mol. The lowest BCUT2D eigenvalue weighted by Crippen LogP contribution is -2.16. The Balaban J connectivity index is 3.22. The third kappa shape index (κ3) is 4.01. The quantitative estimate of drug-likeness (QED) is 0.555. The lowest BCUT2D eigenvalue weighted by Gasteiger charge is -2.09. The zero-order valence-corrected chi connectivity index (χ0v) is 5.63. The van der Waals surface area contributed by atoms with Gasteiger partial charge in [0.1, 0.15) is 6.61 Å². The van der Waals surface area contributed by atoms with Crippen molar-refractivity contribution < 1.29 is 9.84 Å². The van der Waals surface area contributed by atoms with Crippen LogP contribution in [0, 0.1) is 12.3 Å². The van der Waals surface area contributed by atoms with Gasteiger partial charge < -0.3 is 9.84 Å². The highest BCUT2D eigenvalue weighted by molar-refractivity contribution is 4.83. The maximum atomic E-state index is 8.56. The predicted molar refractivity (Wildman–Crippen MR) is 35.9 cm³/mol. The van der Waals surface area contributed by atoms with E-state index >= 15 is 0 Å². The molecule has 2 heteroatoms. The zero-order valence-electron chi connectivity index (χ0n) is 5.63. The molecule has 0 saturated heterocycles. The van der Waals surface area contributed by atoms with Crippen LogP contribution in [0.4, 0.5) is 0 Å². The van der Waals surface area contributed by atoms with E-state index in [2.05, 4.69) is 5.92 Å². The van der Waals surface area contributed by atoms with Gasteiger partial charge in [0.15, 0.2) is 0 Å². The van der Waals surface area contributed by atoms with Gasteiger partial charge >= 0.3 is 0 Å². The molecule has 0 amide bonds. The normalized spacial score (nSPS) is 12.6. The summed E-state index contributed by atoms with van der Waals surface area (Å²) in [5, 5.41) is 8.56. The minimum atomic E-state index is -0.0824. The number of hydrogen-bond donors (Lipinski definition) is 1. The topological polar surface area (TPSA) is 29.5 Å². The first kappa shape index (κ1) is 8.48. The van der Waals surface area contributed by atoms with Crippen molar-refractivity contribution in [3.05, 3.63) is 0 Å². The van der Waals surface area contributed by atoms with Crippen LogP contribution < -0.4 is 0 Å². The van der Waals surface area contributed by atoms with E-state index in [1.165, 1.54) is 0 Å². The smallest absolute Gasteiger partial charge is 0.107 e. The van der Waals surface area contributed by atoms with Crippen molar-refractivity contribution in [2.75, 3.05) is 13.2 Å². The van der Waals surface area contributed by atoms with Crippen LogP contribution in [-0.4, -0.2) is 24.4 Å². The maximum Gasteiger partial charge on any atom is 0.107 e. The number of terminal acetylenes is 1. The number of rotatable bonds is 4. The highest BCUT2D eigenvalue weighted by Crippen LogP contribution is 1.94. The van der Waals surface area contributed by atoms with Crippen LogP contribution in [-0.2, 0) is 4.74 Å². The van der Waals surface area contributed by atoms with Gasteiger partial charge in [-0.15, -0.1) is 6.42 Å². The molecule has 0 aromatic heterocycles. The van der Waals surface area contributed by atoms with E-state index in [4.69, 9.17) is 16.3 Å². The van der Waals surface area contributed by atoms with Crippen molar-refractivity contribution in [3.8, 4) is 12.3 Å². The highest BCUT2D eigenvalue weighted by Gasteiger charge is 2.00. The standard InChI is InChI=1S/C7H12O2/c1-3-5-9-7(4-2)6-8/h1,7-8H,4-6H2,2H3. The molecule has 0 aliphatic rings. The number of ether oxygens (including phenoxy) is 1. The summed E-state index contributed by atoms with van der Waals surface area (Å²) in [6.45, 7) is 2.29. The third-order valence-electron chi connectivity index (χ3n) is 1.06. The molecule has 0 spiro atoms. The summed E-state index contributed by atoms with van der Waals surface area (Å²) < 4.78 is 5.00. The van der Waals surface area contributed by atoms with Gasteiger partial charge in [-0.3, -0.25) is 0 Å². The molecule has 0 aromatic rings. The SMILES string of the molecule is C#CCOC(CC)CO. The van der Waals surface area contributed by atoms with Crippen molar-refractivity contribution in [1.82, 2.24) is 0 Å². The van der Waals surface area contributed by atoms with E-state index < -0.39 is 0 Å². The molecule has 9 heavy (non-hydrogen) atoms. The average molecular weight is 128 g/mol. The van der Waals surface area contributed by atoms with E-state index in [1.807, 2.05) is 6.92 Å². The molecule has 0 heterocycles. The van der Waals surface area contributed by atoms with Crippen LogP contribution in [0.2, 0.25) is 0 Å². The van der Waals surface area contributed by atoms with Crippen LogP contribution in [0.15, 0.2) is 0 Å². The second-order valence-electron chi connectivity index (χ2n) is 1.73. The summed E-state index contributed by atoms with van der Waals surface area (Å²) in [4.78, 5) is 0. The first-order chi connectivity index (χ1) is 4.35. The van der Waals surface area contributed by atoms with Crippen LogP contribution in [0.1, 0.15) is 13.3 Å². The molecule has 2 nitrogen and oxygen atoms in total. The molecule has 0 radical (unpaired) electrons. The molecule has 0 fully saturated rings. The van der Waals surface area contributed by atoms with E-state index in [0.717, 1.165) is 6.42 Å². The summed E-state index contributed by atoms with van der Waals surface area (Å²) in [5.41, 5.74) is 0. The predicted octanol–water partition coefficient (Wildman–Crippen LogP) is 0.407. The second kappa shape index (κ2) is 5.61. The summed E-state index contributed by atoms with van der Waals surface area (Å²) in [7, 11) is 0. The number of hydrogen-bond acceptors (Lipinski definition) is 2. The van der Waals surface area contributed by atoms with Crippen molar-refractivity contribution in [2.45, 2.75) is 19.4 Å². The molecule has 1 atom stereocenters. The van der Waals surface area contributed by atoms with Crippen LogP contribution in [0.5, 0.6) is 0 Å². The number of aliphatic hydroxyl groups is 1. The van der Waals surface area contributed by atoms with Gasteiger partial charge in [-0.05, 0) is 6.42 Å². The number of aliphatic hydroxyl groups excluding tert-OH is 1. The van der Waals surface area contributed by atoms with Crippen molar-refractivity contribution in [1.29, 1.82) is 0 Å². The van der Waals surface area contributed by atoms with E-state index in [0.29, 0.717) is 6.61 Å². The Bertz CT molecular complexity index is 89.6. The van der Waals surface area contributed by atoms with Crippen molar-refractivity contribution >= 4 is 0 Å². The first-order valence-electron chi connectivity index (χ1n) is 3.01. The van der Waals surface area contributed by atoms with Gasteiger partial charge in [-0.2, -0.15) is 0 Å². The van der Waals surface area contributed by atoms with E-state index in [9.17, 15) is 0 Å². The fourth-order valence-corrected chi connectivity index (χ4v) is 0.466. The van der Waals surface area contributed by atoms with E-state index in [1.54, 1.807) is 0 Å². The fourth-order valence-electron chi connectivity index (χ4n) is 0.466. The lowest BCUT2D eigenvalue weighted by molar-refractivity contribution is 0.0290. The molecule has 0 aliphatic heterocycles. The molecular weight excluding hydrogens is 116 g/mol. The molecule has 0 saturated carbocycles. The molecular formula is C7H12O2. The van der Waals surface area contributed by atoms with Gasteiger partial charge in [0.05, 0.1) is 12.7 Å². The largest absolute Gasteiger partial charge is 0.394 e. The first-order valence-corrected chi connectivity index (χ1v) is 3.01. The Hall–Kier alpha value is -0.520. The van der Waals surface area contributed by atoms with Crippen LogP contribution in [0.25, 0.3) is 0 Å². The third-order valence-corrected chi connectivity index (χ3v) is 1.06. The van der Waals surface area contributed by atoms with Gasteiger partial charge in [0.2, 0.25) is 0 Å². The van der Waals surface area contributed by atoms with Gasteiger partial charge in [0, 0.05) is 0 Å². The van der Waals surface area contributed by atoms with Crippen molar-refractivity contribution in [2.24, 2.45) is 0 Å². The molecule has 0 aromatic carbocycles. The highest BCUT2D eigenvalue weighted by atomic mass is 16.5. The summed E-state index contributed by atoms with van der Waals surface area (Å²) >= 11 is 0. The molecule has 0 rings (SSSR count). The Morgan fingerprint density at radius 1 is 1.78 bits per heavy atom. The second-order valence-corrected chi connectivity index (χ2v) is 1.73. The van der Waals surface area contributed by atoms with Crippen LogP contribution in [0.3, 0.4) is 0 Å². The minimum Gasteiger partial charge on any atom is -0.394 e. The fraction of sp³-hybridized carbons (Fsp3) is 0.714. The van der Waals surface area contributed by atoms with Gasteiger partial charge in [0.25, 0.3) is 0 Å². The Kier molecular flexibility index (Phi) is 5.29. The van der Waals surface area contributed by atoms with Crippen LogP contribution >= 0.6 is 0 Å². The Morgan fingerprint density at radius 2 is 2.44 bits per heavy atom. The minimum absolute atomic E-state index is 0.0537. The molecule has 1 N–H and O–H groups in total. The summed E-state index contributed by atoms with van der Waals surface area (Å²) in [6, 6.07) is 0. The lowest BCUT2D eigenvalue weighted by atomic mass is 10.3. The molecule has 0 bridgehead atoms.